The molecule has 154 valence electrons. The molecule has 7 heteroatoms. The van der Waals surface area contributed by atoms with Crippen molar-refractivity contribution >= 4 is 17.5 Å². The summed E-state index contributed by atoms with van der Waals surface area (Å²) >= 11 is 0. The van der Waals surface area contributed by atoms with Crippen molar-refractivity contribution < 1.29 is 19.1 Å². The van der Waals surface area contributed by atoms with Gasteiger partial charge in [0.25, 0.3) is 5.91 Å². The van der Waals surface area contributed by atoms with Gasteiger partial charge in [0, 0.05) is 34.8 Å². The van der Waals surface area contributed by atoms with Gasteiger partial charge in [-0.1, -0.05) is 6.07 Å². The van der Waals surface area contributed by atoms with Crippen molar-refractivity contribution in [3.05, 3.63) is 83.2 Å². The second-order valence-corrected chi connectivity index (χ2v) is 6.59. The number of aryl methyl sites for hydroxylation is 1. The second kappa shape index (κ2) is 9.56. The monoisotopic (exact) mass is 405 g/mol. The third kappa shape index (κ3) is 5.14. The van der Waals surface area contributed by atoms with Crippen LogP contribution >= 0.6 is 0 Å². The number of hydrogen-bond donors (Lipinski definition) is 2. The minimum atomic E-state index is -0.506. The summed E-state index contributed by atoms with van der Waals surface area (Å²) in [4.78, 5) is 28.1. The first kappa shape index (κ1) is 20.9. The number of amides is 2. The lowest BCUT2D eigenvalue weighted by atomic mass is 10.1. The number of anilines is 1. The maximum Gasteiger partial charge on any atom is 0.255 e. The van der Waals surface area contributed by atoms with Gasteiger partial charge in [-0.25, -0.2) is 0 Å². The molecule has 0 aliphatic rings. The number of aromatic nitrogens is 1. The molecule has 0 radical (unpaired) electrons. The van der Waals surface area contributed by atoms with Gasteiger partial charge in [-0.2, -0.15) is 0 Å². The van der Waals surface area contributed by atoms with Crippen molar-refractivity contribution in [2.75, 3.05) is 11.9 Å². The predicted molar refractivity (Wildman–Crippen MR) is 114 cm³/mol. The van der Waals surface area contributed by atoms with E-state index in [4.69, 9.17) is 15.2 Å². The third-order valence-electron chi connectivity index (χ3n) is 4.37. The summed E-state index contributed by atoms with van der Waals surface area (Å²) in [7, 11) is 0. The van der Waals surface area contributed by atoms with Crippen LogP contribution in [0.5, 0.6) is 11.5 Å². The van der Waals surface area contributed by atoms with Gasteiger partial charge in [-0.3, -0.25) is 14.6 Å². The smallest absolute Gasteiger partial charge is 0.255 e. The average Bonchev–Trinajstić information content (AvgIpc) is 2.73. The van der Waals surface area contributed by atoms with Crippen LogP contribution in [-0.4, -0.2) is 23.4 Å². The minimum Gasteiger partial charge on any atom is -0.490 e. The van der Waals surface area contributed by atoms with Gasteiger partial charge in [-0.05, 0) is 61.9 Å². The zero-order chi connectivity index (χ0) is 21.5. The Bertz CT molecular complexity index is 1050. The molecule has 1 heterocycles. The largest absolute Gasteiger partial charge is 0.490 e. The number of hydrogen-bond acceptors (Lipinski definition) is 5. The molecule has 0 fully saturated rings. The summed E-state index contributed by atoms with van der Waals surface area (Å²) in [5, 5.41) is 2.82. The highest BCUT2D eigenvalue weighted by Crippen LogP contribution is 2.29. The molecule has 0 atom stereocenters. The molecule has 0 saturated heterocycles. The fraction of sp³-hybridized carbons (Fsp3) is 0.174. The molecule has 2 aromatic carbocycles. The van der Waals surface area contributed by atoms with Crippen molar-refractivity contribution in [2.24, 2.45) is 5.73 Å². The molecule has 0 spiro atoms. The molecule has 0 saturated carbocycles. The predicted octanol–water partition coefficient (Wildman–Crippen LogP) is 3.72. The molecule has 3 aromatic rings. The topological polar surface area (TPSA) is 104 Å². The van der Waals surface area contributed by atoms with E-state index in [9.17, 15) is 9.59 Å². The number of nitrogens with one attached hydrogen (secondary N) is 1. The summed E-state index contributed by atoms with van der Waals surface area (Å²) in [6.07, 6.45) is 3.43. The van der Waals surface area contributed by atoms with E-state index in [0.29, 0.717) is 47.1 Å². The van der Waals surface area contributed by atoms with E-state index in [1.165, 1.54) is 0 Å². The van der Waals surface area contributed by atoms with E-state index in [0.717, 1.165) is 5.56 Å². The molecule has 1 aromatic heterocycles. The SMILES string of the molecule is CCOc1cc(C(=O)Nc2ccc(C(N)=O)c(C)c2)ccc1OCc1cccnc1. The van der Waals surface area contributed by atoms with Crippen LogP contribution in [0.1, 0.15) is 38.8 Å². The van der Waals surface area contributed by atoms with Crippen LogP contribution in [-0.2, 0) is 6.61 Å². The van der Waals surface area contributed by atoms with Crippen LogP contribution < -0.4 is 20.5 Å². The van der Waals surface area contributed by atoms with Gasteiger partial charge in [0.15, 0.2) is 11.5 Å². The van der Waals surface area contributed by atoms with E-state index in [1.807, 2.05) is 19.1 Å². The molecular weight excluding hydrogens is 382 g/mol. The molecule has 0 aliphatic carbocycles. The zero-order valence-corrected chi connectivity index (χ0v) is 16.8. The molecule has 7 nitrogen and oxygen atoms in total. The summed E-state index contributed by atoms with van der Waals surface area (Å²) < 4.78 is 11.5. The van der Waals surface area contributed by atoms with Crippen LogP contribution in [0.4, 0.5) is 5.69 Å². The number of rotatable bonds is 8. The maximum atomic E-state index is 12.7. The Labute approximate surface area is 174 Å². The number of ether oxygens (including phenoxy) is 2. The fourth-order valence-electron chi connectivity index (χ4n) is 2.90. The van der Waals surface area contributed by atoms with Crippen molar-refractivity contribution in [3.8, 4) is 11.5 Å². The summed E-state index contributed by atoms with van der Waals surface area (Å²) in [6, 6.07) is 13.7. The van der Waals surface area contributed by atoms with Gasteiger partial charge in [0.05, 0.1) is 6.61 Å². The van der Waals surface area contributed by atoms with Gasteiger partial charge >= 0.3 is 0 Å². The Hall–Kier alpha value is -3.87. The van der Waals surface area contributed by atoms with Crippen LogP contribution in [0.2, 0.25) is 0 Å². The number of primary amides is 1. The molecule has 2 amide bonds. The van der Waals surface area contributed by atoms with Gasteiger partial charge in [0.2, 0.25) is 5.91 Å². The summed E-state index contributed by atoms with van der Waals surface area (Å²) in [5.41, 5.74) is 8.34. The third-order valence-corrected chi connectivity index (χ3v) is 4.37. The Balaban J connectivity index is 1.75. The molecule has 3 rings (SSSR count). The fourth-order valence-corrected chi connectivity index (χ4v) is 2.90. The number of benzene rings is 2. The van der Waals surface area contributed by atoms with Gasteiger partial charge in [0.1, 0.15) is 6.61 Å². The first-order valence-corrected chi connectivity index (χ1v) is 9.48. The van der Waals surface area contributed by atoms with Crippen LogP contribution in [0, 0.1) is 6.92 Å². The van der Waals surface area contributed by atoms with E-state index < -0.39 is 5.91 Å². The molecule has 0 bridgehead atoms. The number of carbonyl (C=O) groups excluding carboxylic acids is 2. The normalized spacial score (nSPS) is 10.3. The first-order valence-electron chi connectivity index (χ1n) is 9.48. The van der Waals surface area contributed by atoms with Crippen LogP contribution in [0.3, 0.4) is 0 Å². The average molecular weight is 405 g/mol. The Morgan fingerprint density at radius 3 is 2.57 bits per heavy atom. The van der Waals surface area contributed by atoms with Gasteiger partial charge in [-0.15, -0.1) is 0 Å². The van der Waals surface area contributed by atoms with Crippen molar-refractivity contribution in [1.82, 2.24) is 4.98 Å². The lowest BCUT2D eigenvalue weighted by Gasteiger charge is -2.14. The summed E-state index contributed by atoms with van der Waals surface area (Å²) in [5.74, 6) is 0.211. The zero-order valence-electron chi connectivity index (χ0n) is 16.8. The molecule has 0 unspecified atom stereocenters. The Morgan fingerprint density at radius 1 is 1.07 bits per heavy atom. The van der Waals surface area contributed by atoms with Crippen molar-refractivity contribution in [3.63, 3.8) is 0 Å². The minimum absolute atomic E-state index is 0.305. The lowest BCUT2D eigenvalue weighted by molar-refractivity contribution is 0.0997. The Morgan fingerprint density at radius 2 is 1.90 bits per heavy atom. The molecule has 30 heavy (non-hydrogen) atoms. The first-order chi connectivity index (χ1) is 14.5. The van der Waals surface area contributed by atoms with Crippen LogP contribution in [0.25, 0.3) is 0 Å². The molecule has 3 N–H and O–H groups in total. The standard InChI is InChI=1S/C23H23N3O4/c1-3-29-21-12-17(6-9-20(21)30-14-16-5-4-10-25-13-16)23(28)26-18-7-8-19(22(24)27)15(2)11-18/h4-13H,3,14H2,1-2H3,(H2,24,27)(H,26,28). The van der Waals surface area contributed by atoms with Gasteiger partial charge < -0.3 is 20.5 Å². The van der Waals surface area contributed by atoms with Crippen molar-refractivity contribution in [1.29, 1.82) is 0 Å². The van der Waals surface area contributed by atoms with Crippen LogP contribution in [0.15, 0.2) is 60.9 Å². The summed E-state index contributed by atoms with van der Waals surface area (Å²) in [6.45, 7) is 4.39. The Kier molecular flexibility index (Phi) is 6.64. The van der Waals surface area contributed by atoms with E-state index in [2.05, 4.69) is 10.3 Å². The number of nitrogens with two attached hydrogens (primary N) is 1. The lowest BCUT2D eigenvalue weighted by Crippen LogP contribution is -2.15. The molecular formula is C23H23N3O4. The maximum absolute atomic E-state index is 12.7. The van der Waals surface area contributed by atoms with E-state index in [1.54, 1.807) is 55.7 Å². The quantitative estimate of drug-likeness (QED) is 0.594. The highest BCUT2D eigenvalue weighted by Gasteiger charge is 2.13. The molecule has 0 aliphatic heterocycles. The highest BCUT2D eigenvalue weighted by molar-refractivity contribution is 6.05. The number of nitrogens with zero attached hydrogens (tertiary/aromatic N) is 1. The highest BCUT2D eigenvalue weighted by atomic mass is 16.5. The number of pyridine rings is 1. The van der Waals surface area contributed by atoms with Crippen molar-refractivity contribution in [2.45, 2.75) is 20.5 Å². The van der Waals surface area contributed by atoms with E-state index >= 15 is 0 Å². The second-order valence-electron chi connectivity index (χ2n) is 6.59. The number of carbonyl (C=O) groups is 2. The van der Waals surface area contributed by atoms with E-state index in [-0.39, 0.29) is 5.91 Å².